The summed E-state index contributed by atoms with van der Waals surface area (Å²) in [6.45, 7) is 7.67. The van der Waals surface area contributed by atoms with Crippen LogP contribution >= 0.6 is 0 Å². The Morgan fingerprint density at radius 1 is 1.19 bits per heavy atom. The second kappa shape index (κ2) is 8.14. The number of carbonyl (C=O) groups excluding carboxylic acids is 1. The third-order valence-electron chi connectivity index (χ3n) is 5.31. The molecule has 1 atom stereocenters. The number of hydrogen-bond acceptors (Lipinski definition) is 3. The van der Waals surface area contributed by atoms with Crippen LogP contribution in [0.25, 0.3) is 0 Å². The molecule has 1 saturated carbocycles. The van der Waals surface area contributed by atoms with Gasteiger partial charge in [-0.05, 0) is 70.8 Å². The molecule has 0 radical (unpaired) electrons. The quantitative estimate of drug-likeness (QED) is 0.789. The zero-order valence-electron chi connectivity index (χ0n) is 13.8. The molecule has 4 nitrogen and oxygen atoms in total. The topological polar surface area (TPSA) is 58.4 Å². The van der Waals surface area contributed by atoms with Gasteiger partial charge in [-0.15, -0.1) is 0 Å². The lowest BCUT2D eigenvalue weighted by molar-refractivity contribution is -0.121. The van der Waals surface area contributed by atoms with Crippen LogP contribution in [0, 0.1) is 11.8 Å². The minimum atomic E-state index is 0.243. The van der Waals surface area contributed by atoms with Crippen molar-refractivity contribution >= 4 is 5.91 Å². The predicted molar refractivity (Wildman–Crippen MR) is 87.0 cm³/mol. The van der Waals surface area contributed by atoms with Gasteiger partial charge < -0.3 is 16.0 Å². The Kier molecular flexibility index (Phi) is 6.49. The van der Waals surface area contributed by atoms with Crippen molar-refractivity contribution in [3.63, 3.8) is 0 Å². The Bertz CT molecular complexity index is 324. The van der Waals surface area contributed by atoms with E-state index in [2.05, 4.69) is 24.1 Å². The Balaban J connectivity index is 1.56. The van der Waals surface area contributed by atoms with Crippen molar-refractivity contribution in [2.45, 2.75) is 70.9 Å². The minimum absolute atomic E-state index is 0.243. The van der Waals surface area contributed by atoms with Crippen molar-refractivity contribution in [1.82, 2.24) is 10.2 Å². The summed E-state index contributed by atoms with van der Waals surface area (Å²) in [4.78, 5) is 14.5. The Labute approximate surface area is 129 Å². The molecule has 0 aromatic carbocycles. The van der Waals surface area contributed by atoms with Gasteiger partial charge in [-0.25, -0.2) is 0 Å². The number of hydrogen-bond donors (Lipinski definition) is 2. The normalized spacial score (nSPS) is 30.8. The molecule has 1 saturated heterocycles. The predicted octanol–water partition coefficient (Wildman–Crippen LogP) is 2.13. The largest absolute Gasteiger partial charge is 0.356 e. The average molecular weight is 295 g/mol. The number of nitrogens with zero attached hydrogens (tertiary/aromatic N) is 1. The monoisotopic (exact) mass is 295 g/mol. The fourth-order valence-electron chi connectivity index (χ4n) is 3.66. The standard InChI is InChI=1S/C17H33N3O/c1-13(2)20-10-9-15(12-20)11-19-17(21)8-5-14-3-6-16(18)7-4-14/h13-16H,3-12,18H2,1-2H3,(H,19,21). The molecule has 3 N–H and O–H groups in total. The molecule has 21 heavy (non-hydrogen) atoms. The molecule has 1 unspecified atom stereocenters. The van der Waals surface area contributed by atoms with Crippen molar-refractivity contribution in [3.05, 3.63) is 0 Å². The van der Waals surface area contributed by atoms with E-state index in [9.17, 15) is 4.79 Å². The Hall–Kier alpha value is -0.610. The van der Waals surface area contributed by atoms with E-state index < -0.39 is 0 Å². The van der Waals surface area contributed by atoms with Crippen molar-refractivity contribution in [3.8, 4) is 0 Å². The molecule has 1 heterocycles. The molecule has 4 heteroatoms. The molecular weight excluding hydrogens is 262 g/mol. The molecule has 0 aromatic heterocycles. The highest BCUT2D eigenvalue weighted by Crippen LogP contribution is 2.26. The molecule has 122 valence electrons. The molecule has 1 amide bonds. The van der Waals surface area contributed by atoms with E-state index in [4.69, 9.17) is 5.73 Å². The average Bonchev–Trinajstić information content (AvgIpc) is 2.93. The van der Waals surface area contributed by atoms with Crippen molar-refractivity contribution in [1.29, 1.82) is 0 Å². The SMILES string of the molecule is CC(C)N1CCC(CNC(=O)CCC2CCC(N)CC2)C1. The minimum Gasteiger partial charge on any atom is -0.356 e. The Morgan fingerprint density at radius 3 is 2.52 bits per heavy atom. The first-order valence-electron chi connectivity index (χ1n) is 8.81. The summed E-state index contributed by atoms with van der Waals surface area (Å²) in [5.74, 6) is 1.61. The first-order chi connectivity index (χ1) is 10.0. The summed E-state index contributed by atoms with van der Waals surface area (Å²) in [5.41, 5.74) is 5.92. The number of nitrogens with two attached hydrogens (primary N) is 1. The highest BCUT2D eigenvalue weighted by atomic mass is 16.1. The highest BCUT2D eigenvalue weighted by molar-refractivity contribution is 5.75. The summed E-state index contributed by atoms with van der Waals surface area (Å²) in [7, 11) is 0. The van der Waals surface area contributed by atoms with E-state index in [1.165, 1.54) is 25.8 Å². The van der Waals surface area contributed by atoms with E-state index in [0.29, 0.717) is 24.4 Å². The molecule has 0 spiro atoms. The van der Waals surface area contributed by atoms with Gasteiger partial charge in [0, 0.05) is 31.6 Å². The van der Waals surface area contributed by atoms with Crippen LogP contribution in [-0.2, 0) is 4.79 Å². The van der Waals surface area contributed by atoms with Crippen LogP contribution in [0.4, 0.5) is 0 Å². The maximum absolute atomic E-state index is 12.0. The fourth-order valence-corrected chi connectivity index (χ4v) is 3.66. The Morgan fingerprint density at radius 2 is 1.90 bits per heavy atom. The van der Waals surface area contributed by atoms with E-state index in [1.807, 2.05) is 0 Å². The van der Waals surface area contributed by atoms with Crippen LogP contribution < -0.4 is 11.1 Å². The van der Waals surface area contributed by atoms with Crippen LogP contribution in [0.5, 0.6) is 0 Å². The number of rotatable bonds is 6. The summed E-state index contributed by atoms with van der Waals surface area (Å²) in [6, 6.07) is 1.03. The first kappa shape index (κ1) is 16.8. The van der Waals surface area contributed by atoms with Crippen LogP contribution in [0.3, 0.4) is 0 Å². The summed E-state index contributed by atoms with van der Waals surface area (Å²) in [6.07, 6.45) is 7.65. The van der Waals surface area contributed by atoms with Gasteiger partial charge in [0.05, 0.1) is 0 Å². The molecular formula is C17H33N3O. The molecule has 1 aliphatic heterocycles. The number of likely N-dealkylation sites (tertiary alicyclic amines) is 1. The summed E-state index contributed by atoms with van der Waals surface area (Å²) < 4.78 is 0. The van der Waals surface area contributed by atoms with Crippen LogP contribution in [-0.4, -0.2) is 42.5 Å². The lowest BCUT2D eigenvalue weighted by Crippen LogP contribution is -2.33. The van der Waals surface area contributed by atoms with E-state index in [-0.39, 0.29) is 5.91 Å². The second-order valence-corrected chi connectivity index (χ2v) is 7.37. The van der Waals surface area contributed by atoms with Gasteiger partial charge in [-0.1, -0.05) is 0 Å². The van der Waals surface area contributed by atoms with E-state index in [1.54, 1.807) is 0 Å². The van der Waals surface area contributed by atoms with Gasteiger partial charge in [0.1, 0.15) is 0 Å². The number of carbonyl (C=O) groups is 1. The third kappa shape index (κ3) is 5.59. The van der Waals surface area contributed by atoms with Gasteiger partial charge in [0.25, 0.3) is 0 Å². The lowest BCUT2D eigenvalue weighted by Gasteiger charge is -2.25. The van der Waals surface area contributed by atoms with Crippen molar-refractivity contribution in [2.75, 3.05) is 19.6 Å². The third-order valence-corrected chi connectivity index (χ3v) is 5.31. The van der Waals surface area contributed by atoms with Crippen molar-refractivity contribution in [2.24, 2.45) is 17.6 Å². The van der Waals surface area contributed by atoms with Gasteiger partial charge in [-0.3, -0.25) is 4.79 Å². The molecule has 0 bridgehead atoms. The van der Waals surface area contributed by atoms with E-state index in [0.717, 1.165) is 38.3 Å². The highest BCUT2D eigenvalue weighted by Gasteiger charge is 2.24. The van der Waals surface area contributed by atoms with Crippen molar-refractivity contribution < 1.29 is 4.79 Å². The summed E-state index contributed by atoms with van der Waals surface area (Å²) in [5, 5.41) is 3.14. The number of nitrogens with one attached hydrogen (secondary N) is 1. The molecule has 2 aliphatic rings. The van der Waals surface area contributed by atoms with Crippen LogP contribution in [0.2, 0.25) is 0 Å². The lowest BCUT2D eigenvalue weighted by atomic mass is 9.84. The van der Waals surface area contributed by atoms with Crippen LogP contribution in [0.15, 0.2) is 0 Å². The molecule has 2 rings (SSSR count). The molecule has 2 fully saturated rings. The van der Waals surface area contributed by atoms with Crippen LogP contribution in [0.1, 0.15) is 58.8 Å². The summed E-state index contributed by atoms with van der Waals surface area (Å²) >= 11 is 0. The zero-order chi connectivity index (χ0) is 15.2. The maximum atomic E-state index is 12.0. The maximum Gasteiger partial charge on any atom is 0.220 e. The smallest absolute Gasteiger partial charge is 0.220 e. The zero-order valence-corrected chi connectivity index (χ0v) is 13.8. The molecule has 0 aromatic rings. The van der Waals surface area contributed by atoms with Gasteiger partial charge in [0.15, 0.2) is 0 Å². The van der Waals surface area contributed by atoms with Gasteiger partial charge in [-0.2, -0.15) is 0 Å². The number of amides is 1. The van der Waals surface area contributed by atoms with E-state index >= 15 is 0 Å². The van der Waals surface area contributed by atoms with Gasteiger partial charge >= 0.3 is 0 Å². The second-order valence-electron chi connectivity index (χ2n) is 7.37. The fraction of sp³-hybridized carbons (Fsp3) is 0.941. The first-order valence-corrected chi connectivity index (χ1v) is 8.81. The van der Waals surface area contributed by atoms with Gasteiger partial charge in [0.2, 0.25) is 5.91 Å². The molecule has 1 aliphatic carbocycles.